The Morgan fingerprint density at radius 1 is 1.00 bits per heavy atom. The maximum atomic E-state index is 11.9. The second kappa shape index (κ2) is 10.3. The van der Waals surface area contributed by atoms with Gasteiger partial charge in [-0.25, -0.2) is 0 Å². The summed E-state index contributed by atoms with van der Waals surface area (Å²) < 4.78 is 10.7. The molecule has 0 atom stereocenters. The molecule has 2 rings (SSSR count). The van der Waals surface area contributed by atoms with Crippen molar-refractivity contribution >= 4 is 17.7 Å². The summed E-state index contributed by atoms with van der Waals surface area (Å²) in [6.07, 6.45) is 3.21. The molecule has 8 heteroatoms. The van der Waals surface area contributed by atoms with E-state index in [4.69, 9.17) is 9.47 Å². The second-order valence-electron chi connectivity index (χ2n) is 5.92. The lowest BCUT2D eigenvalue weighted by molar-refractivity contribution is -0.136. The summed E-state index contributed by atoms with van der Waals surface area (Å²) in [5.74, 6) is 0.289. The molecule has 1 aliphatic heterocycles. The first-order chi connectivity index (χ1) is 12.6. The lowest BCUT2D eigenvalue weighted by atomic mass is 10.2. The average Bonchev–Trinajstić information content (AvgIpc) is 2.84. The molecule has 26 heavy (non-hydrogen) atoms. The van der Waals surface area contributed by atoms with Crippen LogP contribution in [0.5, 0.6) is 11.5 Å². The zero-order valence-electron chi connectivity index (χ0n) is 15.0. The summed E-state index contributed by atoms with van der Waals surface area (Å²) >= 11 is 0. The Balaban J connectivity index is 1.67. The molecule has 1 aliphatic rings. The van der Waals surface area contributed by atoms with Crippen LogP contribution in [-0.4, -0.2) is 48.9 Å². The summed E-state index contributed by atoms with van der Waals surface area (Å²) in [6, 6.07) is 6.89. The highest BCUT2D eigenvalue weighted by Gasteiger charge is 2.19. The number of rotatable bonds is 7. The van der Waals surface area contributed by atoms with Crippen molar-refractivity contribution in [3.63, 3.8) is 0 Å². The number of likely N-dealkylation sites (tertiary alicyclic amines) is 1. The van der Waals surface area contributed by atoms with Crippen molar-refractivity contribution in [2.24, 2.45) is 0 Å². The van der Waals surface area contributed by atoms with E-state index in [1.54, 1.807) is 24.3 Å². The molecular formula is C18H25N3O5. The Hall–Kier alpha value is -2.77. The first kappa shape index (κ1) is 19.6. The summed E-state index contributed by atoms with van der Waals surface area (Å²) in [5.41, 5.74) is 4.58. The van der Waals surface area contributed by atoms with Crippen LogP contribution in [0.4, 0.5) is 0 Å². The molecule has 1 aromatic carbocycles. The van der Waals surface area contributed by atoms with Crippen LogP contribution in [0.25, 0.3) is 0 Å². The highest BCUT2D eigenvalue weighted by atomic mass is 16.5. The second-order valence-corrected chi connectivity index (χ2v) is 5.92. The van der Waals surface area contributed by atoms with Crippen LogP contribution in [0.3, 0.4) is 0 Å². The van der Waals surface area contributed by atoms with Gasteiger partial charge in [0, 0.05) is 13.0 Å². The van der Waals surface area contributed by atoms with Gasteiger partial charge in [-0.1, -0.05) is 6.42 Å². The third-order valence-corrected chi connectivity index (χ3v) is 3.85. The van der Waals surface area contributed by atoms with Gasteiger partial charge in [-0.3, -0.25) is 25.2 Å². The number of hydrogen-bond donors (Lipinski definition) is 2. The molecule has 142 valence electrons. The van der Waals surface area contributed by atoms with E-state index in [0.29, 0.717) is 25.3 Å². The smallest absolute Gasteiger partial charge is 0.276 e. The van der Waals surface area contributed by atoms with Gasteiger partial charge in [0.1, 0.15) is 18.0 Å². The SMILES string of the molecule is CCOc1ccc(OCC(=O)NNC(=O)CN2CCCCCC2=O)cc1. The molecule has 8 nitrogen and oxygen atoms in total. The standard InChI is InChI=1S/C18H25N3O5/c1-2-25-14-7-9-15(10-8-14)26-13-17(23)20-19-16(22)12-21-11-5-3-4-6-18(21)24/h7-10H,2-6,11-13H2,1H3,(H,19,22)(H,20,23). The molecule has 0 radical (unpaired) electrons. The van der Waals surface area contributed by atoms with Gasteiger partial charge < -0.3 is 14.4 Å². The van der Waals surface area contributed by atoms with Crippen LogP contribution in [0.2, 0.25) is 0 Å². The van der Waals surface area contributed by atoms with Gasteiger partial charge in [-0.05, 0) is 44.0 Å². The molecule has 1 fully saturated rings. The minimum Gasteiger partial charge on any atom is -0.494 e. The largest absolute Gasteiger partial charge is 0.494 e. The Bertz CT molecular complexity index is 618. The Labute approximate surface area is 152 Å². The van der Waals surface area contributed by atoms with E-state index < -0.39 is 11.8 Å². The Kier molecular flexibility index (Phi) is 7.73. The van der Waals surface area contributed by atoms with Gasteiger partial charge in [0.25, 0.3) is 11.8 Å². The van der Waals surface area contributed by atoms with Gasteiger partial charge in [-0.2, -0.15) is 0 Å². The van der Waals surface area contributed by atoms with Crippen LogP contribution >= 0.6 is 0 Å². The van der Waals surface area contributed by atoms with Crippen LogP contribution in [0, 0.1) is 0 Å². The summed E-state index contributed by atoms with van der Waals surface area (Å²) in [4.78, 5) is 37.0. The van der Waals surface area contributed by atoms with Gasteiger partial charge in [-0.15, -0.1) is 0 Å². The van der Waals surface area contributed by atoms with Crippen molar-refractivity contribution in [2.75, 3.05) is 26.3 Å². The van der Waals surface area contributed by atoms with Crippen LogP contribution in [0.15, 0.2) is 24.3 Å². The molecular weight excluding hydrogens is 338 g/mol. The van der Waals surface area contributed by atoms with Crippen molar-refractivity contribution < 1.29 is 23.9 Å². The van der Waals surface area contributed by atoms with Gasteiger partial charge in [0.15, 0.2) is 6.61 Å². The zero-order valence-corrected chi connectivity index (χ0v) is 15.0. The first-order valence-electron chi connectivity index (χ1n) is 8.79. The third kappa shape index (κ3) is 6.62. The minimum absolute atomic E-state index is 0.0252. The fourth-order valence-corrected chi connectivity index (χ4v) is 2.54. The predicted octanol–water partition coefficient (Wildman–Crippen LogP) is 1.01. The van der Waals surface area contributed by atoms with E-state index in [1.807, 2.05) is 6.92 Å². The maximum absolute atomic E-state index is 11.9. The summed E-state index contributed by atoms with van der Waals surface area (Å²) in [6.45, 7) is 2.74. The molecule has 0 unspecified atom stereocenters. The van der Waals surface area contributed by atoms with Crippen molar-refractivity contribution in [3.8, 4) is 11.5 Å². The van der Waals surface area contributed by atoms with E-state index in [2.05, 4.69) is 10.9 Å². The average molecular weight is 363 g/mol. The minimum atomic E-state index is -0.491. The molecule has 2 N–H and O–H groups in total. The number of hydrazine groups is 1. The number of ether oxygens (including phenoxy) is 2. The first-order valence-corrected chi connectivity index (χ1v) is 8.79. The normalized spacial score (nSPS) is 14.3. The number of carbonyl (C=O) groups excluding carboxylic acids is 3. The van der Waals surface area contributed by atoms with Gasteiger partial charge in [0.05, 0.1) is 6.61 Å². The van der Waals surface area contributed by atoms with Crippen LogP contribution in [-0.2, 0) is 14.4 Å². The summed E-state index contributed by atoms with van der Waals surface area (Å²) in [5, 5.41) is 0. The van der Waals surface area contributed by atoms with Gasteiger partial charge in [0.2, 0.25) is 5.91 Å². The number of nitrogens with zero attached hydrogens (tertiary/aromatic N) is 1. The lowest BCUT2D eigenvalue weighted by Crippen LogP contribution is -2.48. The van der Waals surface area contributed by atoms with Crippen molar-refractivity contribution in [3.05, 3.63) is 24.3 Å². The zero-order chi connectivity index (χ0) is 18.8. The van der Waals surface area contributed by atoms with E-state index in [-0.39, 0.29) is 19.1 Å². The molecule has 0 aliphatic carbocycles. The fourth-order valence-electron chi connectivity index (χ4n) is 2.54. The predicted molar refractivity (Wildman–Crippen MR) is 94.4 cm³/mol. The van der Waals surface area contributed by atoms with Gasteiger partial charge >= 0.3 is 0 Å². The summed E-state index contributed by atoms with van der Waals surface area (Å²) in [7, 11) is 0. The van der Waals surface area contributed by atoms with Crippen LogP contribution < -0.4 is 20.3 Å². The Morgan fingerprint density at radius 3 is 2.35 bits per heavy atom. The van der Waals surface area contributed by atoms with Crippen molar-refractivity contribution in [1.29, 1.82) is 0 Å². The van der Waals surface area contributed by atoms with Crippen molar-refractivity contribution in [1.82, 2.24) is 15.8 Å². The molecule has 0 aromatic heterocycles. The fraction of sp³-hybridized carbons (Fsp3) is 0.500. The molecule has 1 aromatic rings. The monoisotopic (exact) mass is 363 g/mol. The molecule has 0 saturated carbocycles. The third-order valence-electron chi connectivity index (χ3n) is 3.85. The molecule has 3 amide bonds. The maximum Gasteiger partial charge on any atom is 0.276 e. The quantitative estimate of drug-likeness (QED) is 0.705. The van der Waals surface area contributed by atoms with E-state index in [1.165, 1.54) is 4.90 Å². The number of hydrogen-bond acceptors (Lipinski definition) is 5. The van der Waals surface area contributed by atoms with Crippen LogP contribution in [0.1, 0.15) is 32.6 Å². The highest BCUT2D eigenvalue weighted by Crippen LogP contribution is 2.17. The van der Waals surface area contributed by atoms with E-state index in [0.717, 1.165) is 25.0 Å². The molecule has 1 heterocycles. The lowest BCUT2D eigenvalue weighted by Gasteiger charge is -2.19. The number of amides is 3. The molecule has 0 bridgehead atoms. The Morgan fingerprint density at radius 2 is 1.65 bits per heavy atom. The van der Waals surface area contributed by atoms with E-state index >= 15 is 0 Å². The topological polar surface area (TPSA) is 97.0 Å². The number of benzene rings is 1. The number of carbonyl (C=O) groups is 3. The molecule has 0 spiro atoms. The van der Waals surface area contributed by atoms with Crippen molar-refractivity contribution in [2.45, 2.75) is 32.6 Å². The molecule has 1 saturated heterocycles. The number of nitrogens with one attached hydrogen (secondary N) is 2. The highest BCUT2D eigenvalue weighted by molar-refractivity contribution is 5.87. The van der Waals surface area contributed by atoms with E-state index in [9.17, 15) is 14.4 Å².